The van der Waals surface area contributed by atoms with E-state index in [4.69, 9.17) is 13.0 Å². The molecule has 0 bridgehead atoms. The highest BCUT2D eigenvalue weighted by Gasteiger charge is 2.40. The van der Waals surface area contributed by atoms with Crippen molar-refractivity contribution in [3.05, 3.63) is 12.7 Å². The van der Waals surface area contributed by atoms with Crippen molar-refractivity contribution in [1.29, 1.82) is 0 Å². The first kappa shape index (κ1) is 20.8. The van der Waals surface area contributed by atoms with Gasteiger partial charge in [0, 0.05) is 6.08 Å². The minimum absolute atomic E-state index is 0.342. The lowest BCUT2D eigenvalue weighted by Crippen LogP contribution is -2.54. The van der Waals surface area contributed by atoms with E-state index in [1.54, 1.807) is 0 Å². The van der Waals surface area contributed by atoms with Crippen LogP contribution < -0.4 is 0 Å². The smallest absolute Gasteiger partial charge is 0.329 e. The first-order valence-electron chi connectivity index (χ1n) is 7.62. The zero-order valence-corrected chi connectivity index (χ0v) is 17.7. The van der Waals surface area contributed by atoms with E-state index in [2.05, 4.69) is 52.8 Å². The lowest BCUT2D eigenvalue weighted by molar-refractivity contribution is -0.136. The molecule has 0 amide bonds. The Bertz CT molecular complexity index is 354. The van der Waals surface area contributed by atoms with Gasteiger partial charge in [-0.1, -0.05) is 26.3 Å². The first-order chi connectivity index (χ1) is 9.43. The highest BCUT2D eigenvalue weighted by molar-refractivity contribution is 6.87. The van der Waals surface area contributed by atoms with E-state index < -0.39 is 31.2 Å². The summed E-state index contributed by atoms with van der Waals surface area (Å²) in [5.41, 5.74) is 0. The number of carbonyl (C=O) groups excluding carboxylic acids is 1. The maximum atomic E-state index is 11.2. The Labute approximate surface area is 133 Å². The molecule has 4 nitrogen and oxygen atoms in total. The van der Waals surface area contributed by atoms with Gasteiger partial charge >= 0.3 is 14.5 Å². The van der Waals surface area contributed by atoms with Crippen LogP contribution in [0, 0.1) is 0 Å². The van der Waals surface area contributed by atoms with Crippen LogP contribution in [-0.2, 0) is 17.8 Å². The van der Waals surface area contributed by atoms with Crippen molar-refractivity contribution in [3.63, 3.8) is 0 Å². The Hall–Kier alpha value is -0.219. The monoisotopic (exact) mass is 348 g/mol. The Kier molecular flexibility index (Phi) is 8.33. The predicted molar refractivity (Wildman–Crippen MR) is 95.5 cm³/mol. The van der Waals surface area contributed by atoms with E-state index in [9.17, 15) is 4.79 Å². The maximum absolute atomic E-state index is 11.2. The number of hydrogen-bond acceptors (Lipinski definition) is 4. The summed E-state index contributed by atoms with van der Waals surface area (Å²) in [5, 5.41) is 0. The molecule has 0 aliphatic rings. The third-order valence-corrected chi connectivity index (χ3v) is 13.7. The van der Waals surface area contributed by atoms with E-state index in [1.807, 2.05) is 0 Å². The van der Waals surface area contributed by atoms with Gasteiger partial charge in [0.15, 0.2) is 8.32 Å². The molecular weight excluding hydrogens is 316 g/mol. The van der Waals surface area contributed by atoms with Crippen LogP contribution in [0.15, 0.2) is 12.7 Å². The van der Waals surface area contributed by atoms with Gasteiger partial charge in [0.05, 0.1) is 0 Å². The molecule has 0 aromatic rings. The molecule has 21 heavy (non-hydrogen) atoms. The molecule has 0 aliphatic heterocycles. The Balaban J connectivity index is 4.55. The molecule has 0 spiro atoms. The van der Waals surface area contributed by atoms with Gasteiger partial charge in [-0.2, -0.15) is 0 Å². The molecule has 0 unspecified atom stereocenters. The van der Waals surface area contributed by atoms with E-state index in [-0.39, 0.29) is 0 Å². The third kappa shape index (κ3) is 10.2. The molecule has 0 rings (SSSR count). The molecule has 0 saturated carbocycles. The van der Waals surface area contributed by atoms with E-state index in [1.165, 1.54) is 18.9 Å². The molecule has 0 aromatic heterocycles. The summed E-state index contributed by atoms with van der Waals surface area (Å²) >= 11 is 0. The summed E-state index contributed by atoms with van der Waals surface area (Å²) in [6.45, 7) is 18.4. The number of esters is 1. The van der Waals surface area contributed by atoms with Crippen molar-refractivity contribution < 1.29 is 17.8 Å². The quantitative estimate of drug-likeness (QED) is 0.337. The van der Waals surface area contributed by atoms with Gasteiger partial charge in [0.2, 0.25) is 8.32 Å². The zero-order valence-electron chi connectivity index (χ0n) is 14.7. The van der Waals surface area contributed by atoms with Crippen LogP contribution in [-0.4, -0.2) is 37.4 Å². The molecule has 124 valence electrons. The van der Waals surface area contributed by atoms with E-state index in [0.29, 0.717) is 6.23 Å². The fourth-order valence-corrected chi connectivity index (χ4v) is 15.9. The van der Waals surface area contributed by atoms with Gasteiger partial charge < -0.3 is 13.0 Å². The molecule has 0 saturated heterocycles. The zero-order chi connectivity index (χ0) is 16.7. The van der Waals surface area contributed by atoms with Gasteiger partial charge in [-0.25, -0.2) is 4.79 Å². The molecule has 0 aliphatic carbocycles. The summed E-state index contributed by atoms with van der Waals surface area (Å²) in [6.07, 6.45) is 3.93. The third-order valence-electron chi connectivity index (χ3n) is 2.91. The van der Waals surface area contributed by atoms with Crippen molar-refractivity contribution in [2.24, 2.45) is 0 Å². The number of ether oxygens (including phenoxy) is 1. The molecule has 0 fully saturated rings. The predicted octanol–water partition coefficient (Wildman–Crippen LogP) is 4.20. The van der Waals surface area contributed by atoms with Crippen molar-refractivity contribution >= 4 is 31.2 Å². The highest BCUT2D eigenvalue weighted by Crippen LogP contribution is 2.24. The van der Waals surface area contributed by atoms with Crippen LogP contribution in [0.5, 0.6) is 0 Å². The number of unbranched alkanes of at least 4 members (excludes halogenated alkanes) is 1. The maximum Gasteiger partial charge on any atom is 0.329 e. The van der Waals surface area contributed by atoms with Crippen LogP contribution in [0.25, 0.3) is 0 Å². The minimum atomic E-state index is -2.20. The molecule has 0 heterocycles. The normalized spacial score (nSPS) is 13.1. The standard InChI is InChI=1S/C14H32O4Si3/c1-9-11-12-19(3,4)17-21(7,8)18-20(5,6)13-16-14(15)10-2/h10H,2,9,11-13H2,1,3-8H3. The molecule has 0 N–H and O–H groups in total. The first-order valence-corrected chi connectivity index (χ1v) is 16.7. The number of hydrogen-bond donors (Lipinski definition) is 0. The molecule has 7 heteroatoms. The largest absolute Gasteiger partial charge is 0.463 e. The van der Waals surface area contributed by atoms with Gasteiger partial charge in [-0.3, -0.25) is 0 Å². The van der Waals surface area contributed by atoms with Crippen molar-refractivity contribution in [3.8, 4) is 0 Å². The van der Waals surface area contributed by atoms with Crippen LogP contribution >= 0.6 is 0 Å². The summed E-state index contributed by atoms with van der Waals surface area (Å²) < 4.78 is 17.9. The van der Waals surface area contributed by atoms with Crippen molar-refractivity contribution in [2.75, 3.05) is 6.23 Å². The summed E-state index contributed by atoms with van der Waals surface area (Å²) in [4.78, 5) is 11.2. The molecular formula is C14H32O4Si3. The lowest BCUT2D eigenvalue weighted by Gasteiger charge is -2.38. The van der Waals surface area contributed by atoms with Gasteiger partial charge in [-0.15, -0.1) is 0 Å². The molecule has 0 radical (unpaired) electrons. The van der Waals surface area contributed by atoms with Crippen LogP contribution in [0.2, 0.25) is 45.3 Å². The SMILES string of the molecule is C=CC(=O)OC[Si](C)(C)O[Si](C)(C)O[Si](C)(C)CCCC. The fourth-order valence-electron chi connectivity index (χ4n) is 2.34. The van der Waals surface area contributed by atoms with Gasteiger partial charge in [-0.05, 0) is 45.3 Å². The minimum Gasteiger partial charge on any atom is -0.463 e. The van der Waals surface area contributed by atoms with E-state index >= 15 is 0 Å². The number of rotatable bonds is 10. The molecule has 0 aromatic carbocycles. The lowest BCUT2D eigenvalue weighted by atomic mass is 10.4. The molecule has 0 atom stereocenters. The van der Waals surface area contributed by atoms with E-state index in [0.717, 1.165) is 6.04 Å². The second kappa shape index (κ2) is 8.42. The highest BCUT2D eigenvalue weighted by atomic mass is 28.5. The summed E-state index contributed by atoms with van der Waals surface area (Å²) in [5.74, 6) is -0.391. The topological polar surface area (TPSA) is 44.8 Å². The average molecular weight is 349 g/mol. The second-order valence-electron chi connectivity index (χ2n) is 7.04. The fraction of sp³-hybridized carbons (Fsp3) is 0.786. The summed E-state index contributed by atoms with van der Waals surface area (Å²) in [7, 11) is -5.96. The van der Waals surface area contributed by atoms with Crippen LogP contribution in [0.3, 0.4) is 0 Å². The van der Waals surface area contributed by atoms with Gasteiger partial charge in [0.25, 0.3) is 0 Å². The summed E-state index contributed by atoms with van der Waals surface area (Å²) in [6, 6.07) is 1.16. The van der Waals surface area contributed by atoms with Gasteiger partial charge in [0.1, 0.15) is 6.23 Å². The van der Waals surface area contributed by atoms with Crippen LogP contribution in [0.1, 0.15) is 19.8 Å². The Morgan fingerprint density at radius 1 is 1.05 bits per heavy atom. The van der Waals surface area contributed by atoms with Crippen molar-refractivity contribution in [2.45, 2.75) is 65.1 Å². The second-order valence-corrected chi connectivity index (χ2v) is 19.3. The Morgan fingerprint density at radius 2 is 1.57 bits per heavy atom. The van der Waals surface area contributed by atoms with Crippen LogP contribution in [0.4, 0.5) is 0 Å². The average Bonchev–Trinajstić information content (AvgIpc) is 2.30. The Morgan fingerprint density at radius 3 is 2.05 bits per heavy atom. The number of carbonyl (C=O) groups is 1. The van der Waals surface area contributed by atoms with Crippen molar-refractivity contribution in [1.82, 2.24) is 0 Å².